The molecule has 0 saturated carbocycles. The van der Waals surface area contributed by atoms with E-state index in [4.69, 9.17) is 10.8 Å². The third-order valence-electron chi connectivity index (χ3n) is 2.92. The molecule has 0 aliphatic heterocycles. The van der Waals surface area contributed by atoms with Crippen LogP contribution in [-0.4, -0.2) is 34.5 Å². The Bertz CT molecular complexity index is 503. The quantitative estimate of drug-likeness (QED) is 0.778. The molecule has 20 heavy (non-hydrogen) atoms. The number of nitrogen functional groups attached to an aromatic ring is 1. The second kappa shape index (κ2) is 7.28. The average Bonchev–Trinajstić information content (AvgIpc) is 2.36. The van der Waals surface area contributed by atoms with Gasteiger partial charge >= 0.3 is 5.97 Å². The van der Waals surface area contributed by atoms with Crippen molar-refractivity contribution in [3.63, 3.8) is 0 Å². The van der Waals surface area contributed by atoms with Crippen LogP contribution in [0.5, 0.6) is 0 Å². The Morgan fingerprint density at radius 3 is 2.55 bits per heavy atom. The first-order chi connectivity index (χ1) is 9.32. The van der Waals surface area contributed by atoms with Gasteiger partial charge in [-0.2, -0.15) is 0 Å². The Balaban J connectivity index is 2.82. The number of nitrogens with zero attached hydrogens (tertiary/aromatic N) is 1. The van der Waals surface area contributed by atoms with Gasteiger partial charge < -0.3 is 15.7 Å². The maximum atomic E-state index is 12.4. The molecule has 0 radical (unpaired) electrons. The smallest absolute Gasteiger partial charge is 0.303 e. The molecule has 5 nitrogen and oxygen atoms in total. The van der Waals surface area contributed by atoms with Gasteiger partial charge in [-0.1, -0.05) is 0 Å². The van der Waals surface area contributed by atoms with Crippen LogP contribution in [0, 0.1) is 0 Å². The highest BCUT2D eigenvalue weighted by Gasteiger charge is 2.19. The molecule has 1 aromatic rings. The molecule has 0 aliphatic carbocycles. The van der Waals surface area contributed by atoms with Crippen LogP contribution in [-0.2, 0) is 4.79 Å². The molecule has 1 rings (SSSR count). The largest absolute Gasteiger partial charge is 0.481 e. The van der Waals surface area contributed by atoms with E-state index in [1.54, 1.807) is 23.1 Å². The Kier molecular flexibility index (Phi) is 6.01. The minimum Gasteiger partial charge on any atom is -0.481 e. The minimum atomic E-state index is -0.853. The van der Waals surface area contributed by atoms with E-state index in [-0.39, 0.29) is 18.4 Å². The number of carboxylic acids is 1. The molecular formula is C14H19BrN2O3. The number of rotatable bonds is 6. The van der Waals surface area contributed by atoms with Crippen molar-refractivity contribution in [3.05, 3.63) is 28.2 Å². The summed E-state index contributed by atoms with van der Waals surface area (Å²) in [6, 6.07) is 5.06. The summed E-state index contributed by atoms with van der Waals surface area (Å²) >= 11 is 3.29. The first-order valence-electron chi connectivity index (χ1n) is 6.40. The standard InChI is InChI=1S/C14H19BrN2O3/c1-9(2)17(7-3-4-13(18)19)14(20)10-5-6-11(15)12(16)8-10/h5-6,8-9H,3-4,7,16H2,1-2H3,(H,18,19). The number of benzene rings is 1. The molecule has 0 bridgehead atoms. The predicted molar refractivity (Wildman–Crippen MR) is 81.6 cm³/mol. The van der Waals surface area contributed by atoms with Gasteiger partial charge in [-0.3, -0.25) is 9.59 Å². The van der Waals surface area contributed by atoms with Crippen molar-refractivity contribution in [1.82, 2.24) is 4.90 Å². The van der Waals surface area contributed by atoms with Crippen LogP contribution in [0.3, 0.4) is 0 Å². The Labute approximate surface area is 126 Å². The van der Waals surface area contributed by atoms with E-state index in [2.05, 4.69) is 15.9 Å². The van der Waals surface area contributed by atoms with Crippen molar-refractivity contribution in [2.75, 3.05) is 12.3 Å². The Morgan fingerprint density at radius 2 is 2.05 bits per heavy atom. The summed E-state index contributed by atoms with van der Waals surface area (Å²) in [5.74, 6) is -0.987. The minimum absolute atomic E-state index is 0.00108. The Morgan fingerprint density at radius 1 is 1.40 bits per heavy atom. The highest BCUT2D eigenvalue weighted by atomic mass is 79.9. The highest BCUT2D eigenvalue weighted by Crippen LogP contribution is 2.21. The molecule has 0 heterocycles. The number of aliphatic carboxylic acids is 1. The van der Waals surface area contributed by atoms with Gasteiger partial charge in [-0.25, -0.2) is 0 Å². The van der Waals surface area contributed by atoms with E-state index >= 15 is 0 Å². The fourth-order valence-corrected chi connectivity index (χ4v) is 2.08. The van der Waals surface area contributed by atoms with Crippen LogP contribution in [0.25, 0.3) is 0 Å². The maximum Gasteiger partial charge on any atom is 0.303 e. The predicted octanol–water partition coefficient (Wildman–Crippen LogP) is 2.75. The third-order valence-corrected chi connectivity index (χ3v) is 3.64. The Hall–Kier alpha value is -1.56. The summed E-state index contributed by atoms with van der Waals surface area (Å²) < 4.78 is 0.746. The van der Waals surface area contributed by atoms with E-state index in [9.17, 15) is 9.59 Å². The van der Waals surface area contributed by atoms with Gasteiger partial charge in [-0.05, 0) is 54.4 Å². The van der Waals surface area contributed by atoms with Gasteiger partial charge in [0, 0.05) is 34.7 Å². The number of carbonyl (C=O) groups excluding carboxylic acids is 1. The monoisotopic (exact) mass is 342 g/mol. The second-order valence-electron chi connectivity index (χ2n) is 4.83. The van der Waals surface area contributed by atoms with Gasteiger partial charge in [0.1, 0.15) is 0 Å². The van der Waals surface area contributed by atoms with Crippen molar-refractivity contribution in [1.29, 1.82) is 0 Å². The van der Waals surface area contributed by atoms with E-state index in [0.29, 0.717) is 24.2 Å². The molecule has 0 atom stereocenters. The lowest BCUT2D eigenvalue weighted by molar-refractivity contribution is -0.137. The van der Waals surface area contributed by atoms with Gasteiger partial charge in [0.25, 0.3) is 5.91 Å². The molecule has 0 aliphatic rings. The van der Waals surface area contributed by atoms with Crippen molar-refractivity contribution < 1.29 is 14.7 Å². The van der Waals surface area contributed by atoms with Crippen LogP contribution < -0.4 is 5.73 Å². The molecule has 110 valence electrons. The summed E-state index contributed by atoms with van der Waals surface area (Å²) in [5, 5.41) is 8.66. The van der Waals surface area contributed by atoms with Gasteiger partial charge in [0.2, 0.25) is 0 Å². The molecule has 0 fully saturated rings. The van der Waals surface area contributed by atoms with E-state index in [1.807, 2.05) is 13.8 Å². The lowest BCUT2D eigenvalue weighted by atomic mass is 10.1. The SMILES string of the molecule is CC(C)N(CCCC(=O)O)C(=O)c1ccc(Br)c(N)c1. The molecule has 1 aromatic carbocycles. The number of amides is 1. The van der Waals surface area contributed by atoms with E-state index in [1.165, 1.54) is 0 Å². The summed E-state index contributed by atoms with van der Waals surface area (Å²) in [7, 11) is 0. The zero-order valence-electron chi connectivity index (χ0n) is 11.6. The summed E-state index contributed by atoms with van der Waals surface area (Å²) in [6.45, 7) is 4.22. The highest BCUT2D eigenvalue weighted by molar-refractivity contribution is 9.10. The molecule has 0 aromatic heterocycles. The maximum absolute atomic E-state index is 12.4. The fourth-order valence-electron chi connectivity index (χ4n) is 1.84. The zero-order chi connectivity index (χ0) is 15.3. The van der Waals surface area contributed by atoms with Crippen LogP contribution in [0.1, 0.15) is 37.0 Å². The van der Waals surface area contributed by atoms with Gasteiger partial charge in [0.05, 0.1) is 0 Å². The fraction of sp³-hybridized carbons (Fsp3) is 0.429. The average molecular weight is 343 g/mol. The third kappa shape index (κ3) is 4.52. The van der Waals surface area contributed by atoms with Crippen LogP contribution in [0.4, 0.5) is 5.69 Å². The van der Waals surface area contributed by atoms with E-state index < -0.39 is 5.97 Å². The second-order valence-corrected chi connectivity index (χ2v) is 5.68. The molecule has 6 heteroatoms. The molecule has 0 unspecified atom stereocenters. The molecular weight excluding hydrogens is 324 g/mol. The lowest BCUT2D eigenvalue weighted by Crippen LogP contribution is -2.38. The number of hydrogen-bond acceptors (Lipinski definition) is 3. The number of carbonyl (C=O) groups is 2. The number of hydrogen-bond donors (Lipinski definition) is 2. The van der Waals surface area contributed by atoms with Crippen LogP contribution in [0.15, 0.2) is 22.7 Å². The summed E-state index contributed by atoms with van der Waals surface area (Å²) in [4.78, 5) is 24.6. The van der Waals surface area contributed by atoms with Crippen molar-refractivity contribution >= 4 is 33.5 Å². The normalized spacial score (nSPS) is 10.6. The van der Waals surface area contributed by atoms with Crippen molar-refractivity contribution in [2.45, 2.75) is 32.7 Å². The lowest BCUT2D eigenvalue weighted by Gasteiger charge is -2.27. The molecule has 0 spiro atoms. The van der Waals surface area contributed by atoms with Crippen molar-refractivity contribution in [2.24, 2.45) is 0 Å². The zero-order valence-corrected chi connectivity index (χ0v) is 13.2. The number of nitrogens with two attached hydrogens (primary N) is 1. The van der Waals surface area contributed by atoms with Crippen LogP contribution in [0.2, 0.25) is 0 Å². The van der Waals surface area contributed by atoms with Crippen LogP contribution >= 0.6 is 15.9 Å². The molecule has 1 amide bonds. The summed E-state index contributed by atoms with van der Waals surface area (Å²) in [6.07, 6.45) is 0.490. The van der Waals surface area contributed by atoms with Crippen molar-refractivity contribution in [3.8, 4) is 0 Å². The summed E-state index contributed by atoms with van der Waals surface area (Å²) in [5.41, 5.74) is 6.79. The number of carboxylic acid groups (broad SMARTS) is 1. The van der Waals surface area contributed by atoms with Gasteiger partial charge in [-0.15, -0.1) is 0 Å². The first kappa shape index (κ1) is 16.5. The van der Waals surface area contributed by atoms with E-state index in [0.717, 1.165) is 4.47 Å². The molecule has 0 saturated heterocycles. The number of anilines is 1. The molecule has 3 N–H and O–H groups in total. The topological polar surface area (TPSA) is 83.6 Å². The first-order valence-corrected chi connectivity index (χ1v) is 7.20. The number of halogens is 1. The van der Waals surface area contributed by atoms with Gasteiger partial charge in [0.15, 0.2) is 0 Å².